The number of azo groups is 1. The minimum Gasteiger partial charge on any atom is -0.494 e. The van der Waals surface area contributed by atoms with Crippen LogP contribution in [-0.2, 0) is 26.8 Å². The van der Waals surface area contributed by atoms with Crippen molar-refractivity contribution in [2.24, 2.45) is 16.0 Å². The quantitative estimate of drug-likeness (QED) is 0.0617. The van der Waals surface area contributed by atoms with Crippen molar-refractivity contribution in [1.82, 2.24) is 19.5 Å². The average Bonchev–Trinajstić information content (AvgIpc) is 3.51. The molecule has 2 aromatic heterocycles. The molecule has 5 aromatic rings. The number of carbonyl (C=O) groups is 1. The lowest BCUT2D eigenvalue weighted by atomic mass is 10.1. The summed E-state index contributed by atoms with van der Waals surface area (Å²) >= 11 is 7.44. The first-order chi connectivity index (χ1) is 25.8. The fourth-order valence-electron chi connectivity index (χ4n) is 5.62. The Kier molecular flexibility index (Phi) is 10.6. The Labute approximate surface area is 321 Å². The van der Waals surface area contributed by atoms with Crippen LogP contribution in [0.3, 0.4) is 0 Å². The predicted octanol–water partition coefficient (Wildman–Crippen LogP) is 5.74. The molecule has 1 amide bonds. The first-order valence-corrected chi connectivity index (χ1v) is 19.9. The average molecular weight is 829 g/mol. The second kappa shape index (κ2) is 14.9. The zero-order valence-corrected chi connectivity index (χ0v) is 31.8. The number of halogens is 1. The normalized spacial score (nSPS) is 14.1. The van der Waals surface area contributed by atoms with Gasteiger partial charge in [0.05, 0.1) is 10.6 Å². The van der Waals surface area contributed by atoms with Crippen LogP contribution >= 0.6 is 23.4 Å². The summed E-state index contributed by atoms with van der Waals surface area (Å²) in [6.07, 6.45) is 0. The fraction of sp³-hybridized carbons (Fsp3) is 0.156. The van der Waals surface area contributed by atoms with Gasteiger partial charge in [-0.2, -0.15) is 31.8 Å². The molecule has 19 nitrogen and oxygen atoms in total. The number of nitrogens with zero attached hydrogens (tertiary/aromatic N) is 6. The van der Waals surface area contributed by atoms with Crippen LogP contribution in [0.25, 0.3) is 0 Å². The van der Waals surface area contributed by atoms with E-state index in [1.807, 2.05) is 0 Å². The van der Waals surface area contributed by atoms with Crippen LogP contribution in [0.1, 0.15) is 39.3 Å². The summed E-state index contributed by atoms with van der Waals surface area (Å²) in [6, 6.07) is 13.8. The van der Waals surface area contributed by atoms with Crippen molar-refractivity contribution in [2.45, 2.75) is 47.4 Å². The van der Waals surface area contributed by atoms with Gasteiger partial charge in [0, 0.05) is 23.5 Å². The highest BCUT2D eigenvalue weighted by molar-refractivity contribution is 8.00. The fourth-order valence-corrected chi connectivity index (χ4v) is 8.90. The molecule has 1 aliphatic heterocycles. The van der Waals surface area contributed by atoms with Crippen molar-refractivity contribution in [3.05, 3.63) is 92.5 Å². The van der Waals surface area contributed by atoms with Crippen LogP contribution < -0.4 is 27.2 Å². The molecule has 3 aromatic carbocycles. The molecule has 8 N–H and O–H groups in total. The molecule has 1 unspecified atom stereocenters. The number of nitrogens with two attached hydrogens (primary N) is 1. The summed E-state index contributed by atoms with van der Waals surface area (Å²) in [5.74, 6) is -1.79. The molecule has 0 saturated carbocycles. The highest BCUT2D eigenvalue weighted by Gasteiger charge is 2.31. The molecule has 3 heterocycles. The van der Waals surface area contributed by atoms with E-state index in [1.54, 1.807) is 43.3 Å². The highest BCUT2D eigenvalue weighted by Crippen LogP contribution is 2.50. The van der Waals surface area contributed by atoms with E-state index in [-0.39, 0.29) is 50.8 Å². The number of aromatic nitrogens is 4. The van der Waals surface area contributed by atoms with Crippen LogP contribution in [-0.4, -0.2) is 56.5 Å². The molecular formula is C32H29ClN10O9S3. The number of amides is 1. The van der Waals surface area contributed by atoms with Crippen molar-refractivity contribution in [2.75, 3.05) is 16.0 Å². The maximum atomic E-state index is 13.0. The Hall–Kier alpha value is -5.65. The van der Waals surface area contributed by atoms with Crippen molar-refractivity contribution in [1.29, 1.82) is 0 Å². The Bertz CT molecular complexity index is 2710. The molecule has 0 saturated heterocycles. The number of nitrogens with one attached hydrogen (secondary N) is 3. The monoisotopic (exact) mass is 828 g/mol. The summed E-state index contributed by atoms with van der Waals surface area (Å²) < 4.78 is 69.0. The number of hydrogen-bond donors (Lipinski definition) is 7. The number of pyridine rings is 1. The van der Waals surface area contributed by atoms with E-state index in [4.69, 9.17) is 17.3 Å². The summed E-state index contributed by atoms with van der Waals surface area (Å²) in [5, 5.41) is 26.7. The van der Waals surface area contributed by atoms with Crippen LogP contribution in [0.15, 0.2) is 84.3 Å². The van der Waals surface area contributed by atoms with E-state index in [9.17, 15) is 40.6 Å². The first kappa shape index (κ1) is 39.1. The first-order valence-electron chi connectivity index (χ1n) is 15.7. The van der Waals surface area contributed by atoms with Gasteiger partial charge in [-0.15, -0.1) is 10.2 Å². The van der Waals surface area contributed by atoms with E-state index < -0.39 is 53.9 Å². The van der Waals surface area contributed by atoms with E-state index in [1.165, 1.54) is 31.7 Å². The molecule has 0 fully saturated rings. The SMILES string of the molecule is CCn1c(O)c(C(N)=O)c(C)c(N=Nc2cc(Nc3nc(Cl)nc(Nc4ccc(C5Nc6ccc(C)c(S(=O)(=O)O)c6S5)cc4)n3)ccc2S(=O)(=O)O)c1=O. The van der Waals surface area contributed by atoms with Gasteiger partial charge in [0.1, 0.15) is 26.4 Å². The van der Waals surface area contributed by atoms with Crippen LogP contribution in [0, 0.1) is 13.8 Å². The smallest absolute Gasteiger partial charge is 0.296 e. The molecule has 55 heavy (non-hydrogen) atoms. The molecule has 0 bridgehead atoms. The third kappa shape index (κ3) is 8.08. The van der Waals surface area contributed by atoms with Crippen LogP contribution in [0.4, 0.5) is 40.3 Å². The Morgan fingerprint density at radius 1 is 0.964 bits per heavy atom. The number of benzene rings is 3. The van der Waals surface area contributed by atoms with Crippen LogP contribution in [0.5, 0.6) is 5.88 Å². The van der Waals surface area contributed by atoms with Gasteiger partial charge in [-0.05, 0) is 79.9 Å². The minimum absolute atomic E-state index is 0.0130. The van der Waals surface area contributed by atoms with Crippen molar-refractivity contribution in [3.63, 3.8) is 0 Å². The maximum Gasteiger partial charge on any atom is 0.296 e. The van der Waals surface area contributed by atoms with Gasteiger partial charge >= 0.3 is 0 Å². The van der Waals surface area contributed by atoms with Gasteiger partial charge < -0.3 is 26.8 Å². The van der Waals surface area contributed by atoms with E-state index in [0.29, 0.717) is 21.8 Å². The van der Waals surface area contributed by atoms with E-state index in [0.717, 1.165) is 22.3 Å². The van der Waals surface area contributed by atoms with Crippen molar-refractivity contribution >= 4 is 89.8 Å². The number of fused-ring (bicyclic) bond motifs is 1. The number of anilines is 5. The van der Waals surface area contributed by atoms with Gasteiger partial charge in [0.25, 0.3) is 31.7 Å². The lowest BCUT2D eigenvalue weighted by molar-refractivity contribution is 0.0995. The predicted molar refractivity (Wildman–Crippen MR) is 203 cm³/mol. The lowest BCUT2D eigenvalue weighted by Gasteiger charge is -2.13. The minimum atomic E-state index is -4.86. The zero-order valence-electron chi connectivity index (χ0n) is 28.6. The van der Waals surface area contributed by atoms with Gasteiger partial charge in [0.15, 0.2) is 5.69 Å². The van der Waals surface area contributed by atoms with Gasteiger partial charge in [-0.3, -0.25) is 23.3 Å². The number of hydrogen-bond acceptors (Lipinski definition) is 16. The standard InChI is InChI=1S/C32H29ClN10O9S3/c1-4-43-28(45)22(26(34)44)15(3)23(29(43)46)42-41-20-13-18(10-12-21(20)54(47,48)49)36-32-39-30(33)38-31(40-32)35-17-8-6-16(7-9-17)27-37-19-11-5-14(2)25(24(19)53-27)55(50,51)52/h5-13,27,37,45H,4H2,1-3H3,(H2,34,44)(H,47,48,49)(H,50,51,52)(H2,35,36,38,39,40). The molecule has 1 atom stereocenters. The maximum absolute atomic E-state index is 13.0. The van der Waals surface area contributed by atoms with Crippen molar-refractivity contribution in [3.8, 4) is 5.88 Å². The number of primary amides is 1. The molecule has 0 spiro atoms. The number of aryl methyl sites for hydroxylation is 1. The highest BCUT2D eigenvalue weighted by atomic mass is 35.5. The third-order valence-corrected chi connectivity index (χ3v) is 11.7. The topological polar surface area (TPSA) is 294 Å². The number of thioether (sulfide) groups is 1. The van der Waals surface area contributed by atoms with Crippen molar-refractivity contribution < 1.29 is 35.8 Å². The summed E-state index contributed by atoms with van der Waals surface area (Å²) in [5.41, 5.74) is 5.72. The number of rotatable bonds is 11. The van der Waals surface area contributed by atoms with Gasteiger partial charge in [-0.25, -0.2) is 0 Å². The van der Waals surface area contributed by atoms with Gasteiger partial charge in [0.2, 0.25) is 23.1 Å². The van der Waals surface area contributed by atoms with Gasteiger partial charge in [-0.1, -0.05) is 30.0 Å². The van der Waals surface area contributed by atoms with E-state index >= 15 is 0 Å². The number of carbonyl (C=O) groups excluding carboxylic acids is 1. The lowest BCUT2D eigenvalue weighted by Crippen LogP contribution is -2.25. The van der Waals surface area contributed by atoms with E-state index in [2.05, 4.69) is 41.1 Å². The number of aromatic hydroxyl groups is 1. The molecular weight excluding hydrogens is 800 g/mol. The molecule has 0 radical (unpaired) electrons. The summed E-state index contributed by atoms with van der Waals surface area (Å²) in [4.78, 5) is 37.1. The molecule has 286 valence electrons. The molecule has 6 rings (SSSR count). The Morgan fingerprint density at radius 2 is 1.60 bits per heavy atom. The second-order valence-corrected chi connectivity index (χ2v) is 16.0. The zero-order chi connectivity index (χ0) is 40.0. The molecule has 0 aliphatic carbocycles. The Balaban J connectivity index is 1.24. The second-order valence-electron chi connectivity index (χ2n) is 11.8. The molecule has 23 heteroatoms. The van der Waals surface area contributed by atoms with Crippen LogP contribution in [0.2, 0.25) is 5.28 Å². The Morgan fingerprint density at radius 3 is 2.20 bits per heavy atom. The third-order valence-electron chi connectivity index (χ3n) is 8.14. The summed E-state index contributed by atoms with van der Waals surface area (Å²) in [7, 11) is -9.31. The molecule has 1 aliphatic rings. The summed E-state index contributed by atoms with van der Waals surface area (Å²) in [6.45, 7) is 4.37. The largest absolute Gasteiger partial charge is 0.494 e.